The van der Waals surface area contributed by atoms with E-state index < -0.39 is 14.6 Å². The molecule has 20 heavy (non-hydrogen) atoms. The summed E-state index contributed by atoms with van der Waals surface area (Å²) in [5.74, 6) is 0.523. The van der Waals surface area contributed by atoms with Crippen molar-refractivity contribution in [2.24, 2.45) is 5.92 Å². The Morgan fingerprint density at radius 3 is 2.60 bits per heavy atom. The summed E-state index contributed by atoms with van der Waals surface area (Å²) in [6.07, 6.45) is 2.84. The van der Waals surface area contributed by atoms with Gasteiger partial charge in [0.05, 0.1) is 12.4 Å². The van der Waals surface area contributed by atoms with Gasteiger partial charge < -0.3 is 9.47 Å². The van der Waals surface area contributed by atoms with Crippen LogP contribution in [0.4, 0.5) is 0 Å². The van der Waals surface area contributed by atoms with Crippen LogP contribution in [0, 0.1) is 5.92 Å². The maximum atomic E-state index is 12.5. The molecule has 0 saturated carbocycles. The zero-order valence-electron chi connectivity index (χ0n) is 12.2. The average molecular weight is 303 g/mol. The summed E-state index contributed by atoms with van der Waals surface area (Å²) in [5, 5.41) is 0. The van der Waals surface area contributed by atoms with E-state index in [9.17, 15) is 8.42 Å². The molecule has 0 radical (unpaired) electrons. The van der Waals surface area contributed by atoms with Crippen LogP contribution < -0.4 is 0 Å². The monoisotopic (exact) mass is 303 g/mol. The molecule has 0 aromatic rings. The van der Waals surface area contributed by atoms with Gasteiger partial charge in [-0.1, -0.05) is 0 Å². The van der Waals surface area contributed by atoms with E-state index in [1.807, 2.05) is 6.92 Å². The van der Waals surface area contributed by atoms with Crippen LogP contribution in [0.2, 0.25) is 0 Å². The Bertz CT molecular complexity index is 438. The van der Waals surface area contributed by atoms with Crippen LogP contribution >= 0.6 is 0 Å². The zero-order chi connectivity index (χ0) is 14.2. The van der Waals surface area contributed by atoms with Crippen LogP contribution in [0.5, 0.6) is 0 Å². The van der Waals surface area contributed by atoms with Gasteiger partial charge >= 0.3 is 0 Å². The third-order valence-electron chi connectivity index (χ3n) is 5.27. The Morgan fingerprint density at radius 1 is 1.25 bits per heavy atom. The minimum absolute atomic E-state index is 0.184. The molecule has 0 aromatic heterocycles. The van der Waals surface area contributed by atoms with Crippen molar-refractivity contribution >= 4 is 9.84 Å². The second-order valence-corrected chi connectivity index (χ2v) is 8.73. The van der Waals surface area contributed by atoms with Crippen LogP contribution in [-0.2, 0) is 19.3 Å². The predicted molar refractivity (Wildman–Crippen MR) is 76.5 cm³/mol. The van der Waals surface area contributed by atoms with Gasteiger partial charge in [0.25, 0.3) is 0 Å². The molecule has 0 bridgehead atoms. The average Bonchev–Trinajstić information content (AvgIpc) is 2.67. The Morgan fingerprint density at radius 2 is 1.95 bits per heavy atom. The largest absolute Gasteiger partial charge is 0.381 e. The smallest absolute Gasteiger partial charge is 0.158 e. The van der Waals surface area contributed by atoms with Crippen LogP contribution in [-0.4, -0.2) is 69.4 Å². The molecule has 1 atom stereocenters. The van der Waals surface area contributed by atoms with E-state index >= 15 is 0 Å². The standard InChI is InChI=1S/C14H25NO4S/c1-2-18-9-12-5-8-20(16,17)14(12)10-15(11-14)13-3-6-19-7-4-13/h12-13H,2-11H2,1H3. The van der Waals surface area contributed by atoms with Crippen LogP contribution in [0.3, 0.4) is 0 Å². The van der Waals surface area contributed by atoms with Gasteiger partial charge in [-0.25, -0.2) is 8.42 Å². The van der Waals surface area contributed by atoms with E-state index in [0.29, 0.717) is 38.1 Å². The van der Waals surface area contributed by atoms with Gasteiger partial charge in [0.1, 0.15) is 4.75 Å². The number of sulfone groups is 1. The summed E-state index contributed by atoms with van der Waals surface area (Å²) in [6.45, 7) is 6.25. The lowest BCUT2D eigenvalue weighted by molar-refractivity contribution is -0.0294. The first-order valence-corrected chi connectivity index (χ1v) is 9.36. The second kappa shape index (κ2) is 5.55. The Kier molecular flexibility index (Phi) is 4.10. The van der Waals surface area contributed by atoms with Crippen LogP contribution in [0.1, 0.15) is 26.2 Å². The number of rotatable bonds is 4. The fraction of sp³-hybridized carbons (Fsp3) is 1.00. The number of ether oxygens (including phenoxy) is 2. The molecule has 3 rings (SSSR count). The molecule has 116 valence electrons. The summed E-state index contributed by atoms with van der Waals surface area (Å²) in [6, 6.07) is 0.512. The van der Waals surface area contributed by atoms with Gasteiger partial charge in [-0.05, 0) is 26.2 Å². The highest BCUT2D eigenvalue weighted by Gasteiger charge is 2.62. The number of nitrogens with zero attached hydrogens (tertiary/aromatic N) is 1. The first kappa shape index (κ1) is 14.8. The fourth-order valence-corrected chi connectivity index (χ4v) is 6.34. The molecule has 0 amide bonds. The first-order valence-electron chi connectivity index (χ1n) is 7.71. The van der Waals surface area contributed by atoms with E-state index in [0.717, 1.165) is 32.5 Å². The van der Waals surface area contributed by atoms with E-state index in [1.54, 1.807) is 0 Å². The number of hydrogen-bond donors (Lipinski definition) is 0. The van der Waals surface area contributed by atoms with Crippen LogP contribution in [0.15, 0.2) is 0 Å². The minimum atomic E-state index is -2.95. The Labute approximate surface area is 121 Å². The predicted octanol–water partition coefficient (Wildman–Crippen LogP) is 0.691. The molecule has 6 heteroatoms. The molecule has 0 aliphatic carbocycles. The van der Waals surface area contributed by atoms with Crippen molar-refractivity contribution in [1.29, 1.82) is 0 Å². The van der Waals surface area contributed by atoms with Crippen molar-refractivity contribution in [3.05, 3.63) is 0 Å². The normalized spacial score (nSPS) is 33.4. The van der Waals surface area contributed by atoms with Crippen molar-refractivity contribution in [3.63, 3.8) is 0 Å². The van der Waals surface area contributed by atoms with E-state index in [4.69, 9.17) is 9.47 Å². The molecule has 1 spiro atoms. The van der Waals surface area contributed by atoms with Crippen molar-refractivity contribution in [1.82, 2.24) is 4.90 Å². The summed E-state index contributed by atoms with van der Waals surface area (Å²) < 4.78 is 35.3. The molecule has 3 fully saturated rings. The zero-order valence-corrected chi connectivity index (χ0v) is 13.0. The van der Waals surface area contributed by atoms with Gasteiger partial charge in [-0.2, -0.15) is 0 Å². The van der Waals surface area contributed by atoms with Gasteiger partial charge in [-0.15, -0.1) is 0 Å². The molecule has 3 saturated heterocycles. The molecule has 3 aliphatic rings. The fourth-order valence-electron chi connectivity index (χ4n) is 3.92. The van der Waals surface area contributed by atoms with E-state index in [-0.39, 0.29) is 5.92 Å². The summed E-state index contributed by atoms with van der Waals surface area (Å²) in [4.78, 5) is 2.35. The third-order valence-corrected chi connectivity index (χ3v) is 7.87. The second-order valence-electron chi connectivity index (χ2n) is 6.28. The molecular weight excluding hydrogens is 278 g/mol. The van der Waals surface area contributed by atoms with Gasteiger partial charge in [0, 0.05) is 44.9 Å². The van der Waals surface area contributed by atoms with Crippen molar-refractivity contribution in [2.75, 3.05) is 45.3 Å². The lowest BCUT2D eigenvalue weighted by atomic mass is 9.82. The third kappa shape index (κ3) is 2.30. The van der Waals surface area contributed by atoms with Gasteiger partial charge in [0.15, 0.2) is 9.84 Å². The van der Waals surface area contributed by atoms with E-state index in [1.165, 1.54) is 0 Å². The minimum Gasteiger partial charge on any atom is -0.381 e. The highest BCUT2D eigenvalue weighted by atomic mass is 32.2. The van der Waals surface area contributed by atoms with E-state index in [2.05, 4.69) is 4.90 Å². The lowest BCUT2D eigenvalue weighted by Crippen LogP contribution is -2.70. The van der Waals surface area contributed by atoms with Crippen molar-refractivity contribution < 1.29 is 17.9 Å². The molecule has 3 heterocycles. The van der Waals surface area contributed by atoms with Crippen molar-refractivity contribution in [3.8, 4) is 0 Å². The first-order chi connectivity index (χ1) is 9.59. The lowest BCUT2D eigenvalue weighted by Gasteiger charge is -2.53. The summed E-state index contributed by atoms with van der Waals surface area (Å²) in [7, 11) is -2.95. The van der Waals surface area contributed by atoms with Crippen molar-refractivity contribution in [2.45, 2.75) is 37.0 Å². The SMILES string of the molecule is CCOCC1CCS(=O)(=O)C12CN(C1CCOCC1)C2. The Balaban J connectivity index is 1.67. The quantitative estimate of drug-likeness (QED) is 0.765. The molecule has 5 nitrogen and oxygen atoms in total. The summed E-state index contributed by atoms with van der Waals surface area (Å²) >= 11 is 0. The molecule has 0 N–H and O–H groups in total. The molecule has 1 unspecified atom stereocenters. The highest BCUT2D eigenvalue weighted by Crippen LogP contribution is 2.46. The van der Waals surface area contributed by atoms with Gasteiger partial charge in [0.2, 0.25) is 0 Å². The van der Waals surface area contributed by atoms with Crippen LogP contribution in [0.25, 0.3) is 0 Å². The maximum Gasteiger partial charge on any atom is 0.158 e. The molecular formula is C14H25NO4S. The topological polar surface area (TPSA) is 55.8 Å². The van der Waals surface area contributed by atoms with Gasteiger partial charge in [-0.3, -0.25) is 4.90 Å². The molecule has 3 aliphatic heterocycles. The Hall–Kier alpha value is -0.170. The number of hydrogen-bond acceptors (Lipinski definition) is 5. The highest BCUT2D eigenvalue weighted by molar-refractivity contribution is 7.93. The maximum absolute atomic E-state index is 12.5. The number of likely N-dealkylation sites (tertiary alicyclic amines) is 1. The molecule has 0 aromatic carbocycles. The summed E-state index contributed by atoms with van der Waals surface area (Å²) in [5.41, 5.74) is 0.